The summed E-state index contributed by atoms with van der Waals surface area (Å²) in [5, 5.41) is 3.02. The number of ether oxygens (including phenoxy) is 1. The molecule has 0 saturated heterocycles. The highest BCUT2D eigenvalue weighted by molar-refractivity contribution is 7.45. The SMILES string of the molecule is CC/C=C\C/C=C\C/C=C\C/C=C\C/C=C\C/C=C\CCCCC(=O)NC(COP(=O)([O-])OCC[N+](C)(C)C)C(/C=C\CCCCCCCCCCCCC)OC(=O)CCCCCCCCCCCCCCCCCCC/C=C/CCCCCCCC. The number of allylic oxidation sites excluding steroid dienone is 15. The van der Waals surface area contributed by atoms with Gasteiger partial charge in [-0.2, -0.15) is 0 Å². The van der Waals surface area contributed by atoms with Crippen LogP contribution in [-0.4, -0.2) is 69.4 Å². The third-order valence-corrected chi connectivity index (χ3v) is 17.0. The van der Waals surface area contributed by atoms with Crippen LogP contribution in [0.3, 0.4) is 0 Å². The van der Waals surface area contributed by atoms with E-state index in [1.807, 2.05) is 33.3 Å². The standard InChI is InChI=1S/C77H139N2O7P/c1-7-10-13-16-19-22-25-28-30-32-34-36-37-38-39-40-41-43-45-47-49-52-55-58-61-64-67-70-77(81)86-75(68-65-62-59-56-53-50-27-24-21-18-15-12-9-3)74(73-85-87(82,83)84-72-71-79(4,5)6)78-76(80)69-66-63-60-57-54-51-48-46-44-42-35-33-31-29-26-23-20-17-14-11-8-2/h11,14,20,23,28-31,35,42,46,48,54,57,65,68,74-75H,7-10,12-13,15-19,21-22,24-27,32-34,36-41,43-45,47,49-53,55-56,58-64,66-67,69-73H2,1-6H3,(H-,78,80,82,83)/b14-11-,23-20-,30-28+,31-29-,42-35-,48-46-,57-54-,68-65-. The predicted molar refractivity (Wildman–Crippen MR) is 376 cm³/mol. The summed E-state index contributed by atoms with van der Waals surface area (Å²) in [6.07, 6.45) is 89.8. The van der Waals surface area contributed by atoms with Gasteiger partial charge in [0.15, 0.2) is 0 Å². The zero-order valence-electron chi connectivity index (χ0n) is 57.7. The van der Waals surface area contributed by atoms with Crippen molar-refractivity contribution < 1.29 is 37.3 Å². The number of nitrogens with one attached hydrogen (secondary N) is 1. The van der Waals surface area contributed by atoms with Crippen molar-refractivity contribution in [1.82, 2.24) is 5.32 Å². The number of hydrogen-bond acceptors (Lipinski definition) is 7. The molecule has 0 bridgehead atoms. The van der Waals surface area contributed by atoms with Gasteiger partial charge in [-0.1, -0.05) is 305 Å². The maximum Gasteiger partial charge on any atom is 0.306 e. The first-order chi connectivity index (χ1) is 42.4. The quantitative estimate of drug-likeness (QED) is 0.0212. The van der Waals surface area contributed by atoms with Gasteiger partial charge < -0.3 is 28.5 Å². The lowest BCUT2D eigenvalue weighted by Crippen LogP contribution is -2.47. The van der Waals surface area contributed by atoms with E-state index in [9.17, 15) is 19.0 Å². The van der Waals surface area contributed by atoms with Crippen molar-refractivity contribution >= 4 is 19.7 Å². The molecule has 0 aliphatic rings. The molecular formula is C77H139N2O7P. The minimum Gasteiger partial charge on any atom is -0.756 e. The minimum atomic E-state index is -4.72. The Bertz CT molecular complexity index is 1810. The predicted octanol–water partition coefficient (Wildman–Crippen LogP) is 22.8. The largest absolute Gasteiger partial charge is 0.756 e. The zero-order valence-corrected chi connectivity index (χ0v) is 58.6. The molecule has 9 nitrogen and oxygen atoms in total. The lowest BCUT2D eigenvalue weighted by molar-refractivity contribution is -0.870. The Hall–Kier alpha value is -3.07. The van der Waals surface area contributed by atoms with E-state index in [0.717, 1.165) is 89.9 Å². The van der Waals surface area contributed by atoms with Gasteiger partial charge in [-0.05, 0) is 109 Å². The van der Waals surface area contributed by atoms with Crippen LogP contribution in [-0.2, 0) is 27.9 Å². The van der Waals surface area contributed by atoms with Crippen molar-refractivity contribution in [3.8, 4) is 0 Å². The average molecular weight is 1240 g/mol. The topological polar surface area (TPSA) is 114 Å². The molecule has 0 saturated carbocycles. The van der Waals surface area contributed by atoms with Crippen LogP contribution in [0.2, 0.25) is 0 Å². The molecule has 3 unspecified atom stereocenters. The second-order valence-corrected chi connectivity index (χ2v) is 27.1. The summed E-state index contributed by atoms with van der Waals surface area (Å²) in [6.45, 7) is 6.72. The van der Waals surface area contributed by atoms with Crippen molar-refractivity contribution in [2.75, 3.05) is 40.9 Å². The van der Waals surface area contributed by atoms with E-state index in [4.69, 9.17) is 13.8 Å². The highest BCUT2D eigenvalue weighted by Gasteiger charge is 2.27. The molecule has 0 spiro atoms. The zero-order chi connectivity index (χ0) is 63.5. The molecule has 3 atom stereocenters. The normalized spacial score (nSPS) is 14.1. The monoisotopic (exact) mass is 1240 g/mol. The second-order valence-electron chi connectivity index (χ2n) is 25.7. The summed E-state index contributed by atoms with van der Waals surface area (Å²) < 4.78 is 30.4. The number of quaternary nitrogens is 1. The molecule has 10 heteroatoms. The number of hydrogen-bond donors (Lipinski definition) is 1. The molecule has 0 radical (unpaired) electrons. The van der Waals surface area contributed by atoms with Gasteiger partial charge in [-0.3, -0.25) is 14.2 Å². The van der Waals surface area contributed by atoms with E-state index < -0.39 is 26.6 Å². The third kappa shape index (κ3) is 67.2. The van der Waals surface area contributed by atoms with E-state index in [1.165, 1.54) is 199 Å². The molecule has 0 fully saturated rings. The van der Waals surface area contributed by atoms with Crippen molar-refractivity contribution in [2.24, 2.45) is 0 Å². The number of nitrogens with zero attached hydrogens (tertiary/aromatic N) is 1. The van der Waals surface area contributed by atoms with E-state index in [2.05, 4.69) is 111 Å². The molecule has 0 rings (SSSR count). The number of phosphoric ester groups is 1. The Morgan fingerprint density at radius 2 is 0.736 bits per heavy atom. The first-order valence-corrected chi connectivity index (χ1v) is 38.0. The van der Waals surface area contributed by atoms with Gasteiger partial charge in [0.1, 0.15) is 19.3 Å². The van der Waals surface area contributed by atoms with Gasteiger partial charge in [0.05, 0.1) is 33.8 Å². The van der Waals surface area contributed by atoms with Crippen molar-refractivity contribution in [2.45, 2.75) is 341 Å². The fourth-order valence-corrected chi connectivity index (χ4v) is 11.1. The molecule has 0 aromatic heterocycles. The second kappa shape index (κ2) is 65.9. The van der Waals surface area contributed by atoms with Gasteiger partial charge in [-0.25, -0.2) is 0 Å². The van der Waals surface area contributed by atoms with Gasteiger partial charge in [-0.15, -0.1) is 0 Å². The first kappa shape index (κ1) is 83.9. The van der Waals surface area contributed by atoms with E-state index in [0.29, 0.717) is 17.4 Å². The number of likely N-dealkylation sites (N-methyl/N-ethyl adjacent to an activating group) is 1. The summed E-state index contributed by atoms with van der Waals surface area (Å²) in [5.41, 5.74) is 0. The van der Waals surface area contributed by atoms with Crippen molar-refractivity contribution in [3.05, 3.63) is 97.2 Å². The fourth-order valence-electron chi connectivity index (χ4n) is 10.4. The molecule has 1 amide bonds. The molecule has 0 aromatic carbocycles. The van der Waals surface area contributed by atoms with Gasteiger partial charge in [0.2, 0.25) is 5.91 Å². The van der Waals surface area contributed by atoms with Crippen LogP contribution in [0.15, 0.2) is 97.2 Å². The molecule has 0 aromatic rings. The molecule has 0 aliphatic heterocycles. The molecule has 87 heavy (non-hydrogen) atoms. The average Bonchev–Trinajstić information content (AvgIpc) is 3.69. The number of amides is 1. The van der Waals surface area contributed by atoms with Gasteiger partial charge in [0.25, 0.3) is 7.82 Å². The lowest BCUT2D eigenvalue weighted by Gasteiger charge is -2.30. The number of phosphoric acid groups is 1. The van der Waals surface area contributed by atoms with Gasteiger partial charge >= 0.3 is 5.97 Å². The summed E-state index contributed by atoms with van der Waals surface area (Å²) in [7, 11) is 1.15. The minimum absolute atomic E-state index is 0.0339. The molecule has 0 aliphatic carbocycles. The summed E-state index contributed by atoms with van der Waals surface area (Å²) in [5.74, 6) is -0.585. The van der Waals surface area contributed by atoms with Gasteiger partial charge in [0, 0.05) is 12.8 Å². The number of unbranched alkanes of at least 4 members (excludes halogenated alkanes) is 36. The summed E-state index contributed by atoms with van der Waals surface area (Å²) in [6, 6.07) is -0.917. The first-order valence-electron chi connectivity index (χ1n) is 36.5. The molecule has 0 heterocycles. The Balaban J connectivity index is 5.11. The number of esters is 1. The lowest BCUT2D eigenvalue weighted by atomic mass is 10.0. The van der Waals surface area contributed by atoms with Crippen LogP contribution in [0.5, 0.6) is 0 Å². The van der Waals surface area contributed by atoms with Crippen molar-refractivity contribution in [3.63, 3.8) is 0 Å². The van der Waals surface area contributed by atoms with Crippen LogP contribution in [0.4, 0.5) is 0 Å². The van der Waals surface area contributed by atoms with E-state index in [1.54, 1.807) is 0 Å². The smallest absolute Gasteiger partial charge is 0.306 e. The Kier molecular flexibility index (Phi) is 63.5. The van der Waals surface area contributed by atoms with Crippen molar-refractivity contribution in [1.29, 1.82) is 0 Å². The highest BCUT2D eigenvalue weighted by atomic mass is 31.2. The Morgan fingerprint density at radius 1 is 0.414 bits per heavy atom. The van der Waals surface area contributed by atoms with E-state index in [-0.39, 0.29) is 31.3 Å². The Morgan fingerprint density at radius 3 is 1.13 bits per heavy atom. The summed E-state index contributed by atoms with van der Waals surface area (Å²) in [4.78, 5) is 40.2. The summed E-state index contributed by atoms with van der Waals surface area (Å²) >= 11 is 0. The van der Waals surface area contributed by atoms with E-state index >= 15 is 0 Å². The van der Waals surface area contributed by atoms with Crippen LogP contribution in [0.25, 0.3) is 0 Å². The van der Waals surface area contributed by atoms with Crippen LogP contribution >= 0.6 is 7.82 Å². The van der Waals surface area contributed by atoms with Crippen LogP contribution in [0.1, 0.15) is 329 Å². The highest BCUT2D eigenvalue weighted by Crippen LogP contribution is 2.38. The Labute approximate surface area is 538 Å². The fraction of sp³-hybridized carbons (Fsp3) is 0.766. The third-order valence-electron chi connectivity index (χ3n) is 16.0. The van der Waals surface area contributed by atoms with Crippen LogP contribution in [0, 0.1) is 0 Å². The maximum absolute atomic E-state index is 13.6. The molecule has 1 N–H and O–H groups in total. The molecule has 504 valence electrons. The number of carbonyl (C=O) groups is 2. The number of rotatable bonds is 66. The van der Waals surface area contributed by atoms with Crippen LogP contribution < -0.4 is 10.2 Å². The number of carbonyl (C=O) groups excluding carboxylic acids is 2. The maximum atomic E-state index is 13.6. The molecular weight excluding hydrogens is 1100 g/mol.